The van der Waals surface area contributed by atoms with Crippen molar-refractivity contribution in [2.45, 2.75) is 39.2 Å². The fourth-order valence-corrected chi connectivity index (χ4v) is 2.02. The number of nitrogens with zero attached hydrogens (tertiary/aromatic N) is 1. The van der Waals surface area contributed by atoms with Crippen molar-refractivity contribution in [1.82, 2.24) is 4.90 Å². The van der Waals surface area contributed by atoms with E-state index in [0.29, 0.717) is 5.92 Å². The van der Waals surface area contributed by atoms with Gasteiger partial charge in [-0.05, 0) is 57.8 Å². The molecule has 1 unspecified atom stereocenters. The van der Waals surface area contributed by atoms with Gasteiger partial charge in [-0.15, -0.1) is 5.73 Å². The molecule has 2 nitrogen and oxygen atoms in total. The Kier molecular flexibility index (Phi) is 7.53. The predicted molar refractivity (Wildman–Crippen MR) is 74.0 cm³/mol. The zero-order valence-electron chi connectivity index (χ0n) is 11.6. The average molecular weight is 235 g/mol. The van der Waals surface area contributed by atoms with Gasteiger partial charge in [0.2, 0.25) is 0 Å². The van der Waals surface area contributed by atoms with Gasteiger partial charge in [-0.25, -0.2) is 0 Å². The molecule has 0 aliphatic rings. The lowest BCUT2D eigenvalue weighted by Crippen LogP contribution is -2.34. The molecular formula is C15H25NO. The molecule has 0 aliphatic carbocycles. The summed E-state index contributed by atoms with van der Waals surface area (Å²) < 4.78 is 0. The minimum atomic E-state index is 0.0423. The summed E-state index contributed by atoms with van der Waals surface area (Å²) in [5.74, 6) is 0.779. The molecule has 0 radical (unpaired) electrons. The first-order valence-corrected chi connectivity index (χ1v) is 6.09. The molecule has 0 aromatic heterocycles. The lowest BCUT2D eigenvalue weighted by Gasteiger charge is -2.23. The summed E-state index contributed by atoms with van der Waals surface area (Å²) in [6.45, 7) is 11.3. The SMILES string of the molecule is C=C=CC(=C)CC(C)CC[C@H](C(C)=O)N(C)C. The smallest absolute Gasteiger partial charge is 0.146 e. The summed E-state index contributed by atoms with van der Waals surface area (Å²) in [6.07, 6.45) is 4.71. The Balaban J connectivity index is 4.13. The molecule has 0 aromatic rings. The van der Waals surface area contributed by atoms with Crippen LogP contribution in [0.5, 0.6) is 0 Å². The van der Waals surface area contributed by atoms with Crippen LogP contribution >= 0.6 is 0 Å². The number of likely N-dealkylation sites (N-methyl/N-ethyl adjacent to an activating group) is 1. The van der Waals surface area contributed by atoms with Gasteiger partial charge in [0.05, 0.1) is 6.04 Å². The number of hydrogen-bond acceptors (Lipinski definition) is 2. The number of ketones is 1. The number of carbonyl (C=O) groups excluding carboxylic acids is 1. The maximum absolute atomic E-state index is 11.4. The highest BCUT2D eigenvalue weighted by molar-refractivity contribution is 5.81. The van der Waals surface area contributed by atoms with Crippen LogP contribution in [0.15, 0.2) is 30.5 Å². The van der Waals surface area contributed by atoms with Crippen molar-refractivity contribution in [3.05, 3.63) is 30.5 Å². The van der Waals surface area contributed by atoms with Crippen molar-refractivity contribution in [3.63, 3.8) is 0 Å². The summed E-state index contributed by atoms with van der Waals surface area (Å²) >= 11 is 0. The van der Waals surface area contributed by atoms with E-state index in [9.17, 15) is 4.79 Å². The minimum absolute atomic E-state index is 0.0423. The molecule has 0 aromatic carbocycles. The van der Waals surface area contributed by atoms with Crippen LogP contribution in [0.4, 0.5) is 0 Å². The topological polar surface area (TPSA) is 20.3 Å². The van der Waals surface area contributed by atoms with Crippen molar-refractivity contribution < 1.29 is 4.79 Å². The van der Waals surface area contributed by atoms with Crippen LogP contribution in [0, 0.1) is 5.92 Å². The van der Waals surface area contributed by atoms with Crippen LogP contribution in [-0.2, 0) is 4.79 Å². The van der Waals surface area contributed by atoms with Gasteiger partial charge in [-0.1, -0.05) is 20.1 Å². The molecule has 17 heavy (non-hydrogen) atoms. The molecule has 96 valence electrons. The van der Waals surface area contributed by atoms with Gasteiger partial charge >= 0.3 is 0 Å². The Bertz CT molecular complexity index is 311. The van der Waals surface area contributed by atoms with Gasteiger partial charge in [0.1, 0.15) is 5.78 Å². The number of carbonyl (C=O) groups is 1. The van der Waals surface area contributed by atoms with Crippen molar-refractivity contribution in [2.75, 3.05) is 14.1 Å². The van der Waals surface area contributed by atoms with E-state index in [4.69, 9.17) is 0 Å². The molecular weight excluding hydrogens is 210 g/mol. The number of hydrogen-bond donors (Lipinski definition) is 0. The molecule has 0 bridgehead atoms. The highest BCUT2D eigenvalue weighted by atomic mass is 16.1. The second-order valence-corrected chi connectivity index (χ2v) is 4.98. The zero-order valence-corrected chi connectivity index (χ0v) is 11.6. The summed E-state index contributed by atoms with van der Waals surface area (Å²) in [4.78, 5) is 13.4. The van der Waals surface area contributed by atoms with Crippen molar-refractivity contribution >= 4 is 5.78 Å². The molecule has 0 heterocycles. The molecule has 0 rings (SSSR count). The van der Waals surface area contributed by atoms with Gasteiger partial charge in [0.15, 0.2) is 0 Å². The number of allylic oxidation sites excluding steroid dienone is 2. The monoisotopic (exact) mass is 235 g/mol. The third-order valence-corrected chi connectivity index (χ3v) is 2.94. The maximum Gasteiger partial charge on any atom is 0.146 e. The molecule has 0 fully saturated rings. The quantitative estimate of drug-likeness (QED) is 0.475. The molecule has 0 saturated carbocycles. The van der Waals surface area contributed by atoms with Gasteiger partial charge in [0.25, 0.3) is 0 Å². The Morgan fingerprint density at radius 1 is 1.41 bits per heavy atom. The molecule has 2 heteroatoms. The Morgan fingerprint density at radius 3 is 2.41 bits per heavy atom. The van der Waals surface area contributed by atoms with Crippen LogP contribution in [0.25, 0.3) is 0 Å². The van der Waals surface area contributed by atoms with E-state index in [0.717, 1.165) is 24.8 Å². The first-order chi connectivity index (χ1) is 7.88. The zero-order chi connectivity index (χ0) is 13.4. The average Bonchev–Trinajstić information content (AvgIpc) is 2.16. The Labute approximate surface area is 106 Å². The minimum Gasteiger partial charge on any atom is -0.300 e. The van der Waals surface area contributed by atoms with Gasteiger partial charge < -0.3 is 0 Å². The highest BCUT2D eigenvalue weighted by Gasteiger charge is 2.17. The lowest BCUT2D eigenvalue weighted by molar-refractivity contribution is -0.121. The predicted octanol–water partition coefficient (Wildman–Crippen LogP) is 3.21. The van der Waals surface area contributed by atoms with Crippen LogP contribution in [0.2, 0.25) is 0 Å². The Hall–Kier alpha value is -1.11. The van der Waals surface area contributed by atoms with E-state index in [1.165, 1.54) is 0 Å². The molecule has 0 saturated heterocycles. The third-order valence-electron chi connectivity index (χ3n) is 2.94. The fraction of sp³-hybridized carbons (Fsp3) is 0.600. The standard InChI is InChI=1S/C15H25NO/c1-7-8-12(2)11-13(3)9-10-15(14(4)17)16(5)6/h8,13,15H,1-2,9-11H2,3-6H3/t13?,15-/m1/s1. The van der Waals surface area contributed by atoms with E-state index < -0.39 is 0 Å². The van der Waals surface area contributed by atoms with Crippen LogP contribution in [-0.4, -0.2) is 30.8 Å². The van der Waals surface area contributed by atoms with Crippen molar-refractivity contribution in [1.29, 1.82) is 0 Å². The fourth-order valence-electron chi connectivity index (χ4n) is 2.02. The molecule has 0 N–H and O–H groups in total. The van der Waals surface area contributed by atoms with Gasteiger partial charge in [-0.3, -0.25) is 9.69 Å². The van der Waals surface area contributed by atoms with E-state index in [-0.39, 0.29) is 11.8 Å². The number of rotatable bonds is 8. The summed E-state index contributed by atoms with van der Waals surface area (Å²) in [7, 11) is 3.91. The van der Waals surface area contributed by atoms with Crippen LogP contribution in [0.1, 0.15) is 33.1 Å². The molecule has 0 spiro atoms. The third kappa shape index (κ3) is 6.93. The molecule has 0 aliphatic heterocycles. The largest absolute Gasteiger partial charge is 0.300 e. The van der Waals surface area contributed by atoms with E-state index in [2.05, 4.69) is 25.8 Å². The van der Waals surface area contributed by atoms with Gasteiger partial charge in [0, 0.05) is 0 Å². The summed E-state index contributed by atoms with van der Waals surface area (Å²) in [6, 6.07) is 0.0423. The maximum atomic E-state index is 11.4. The first kappa shape index (κ1) is 15.9. The van der Waals surface area contributed by atoms with Crippen LogP contribution < -0.4 is 0 Å². The van der Waals surface area contributed by atoms with E-state index in [1.807, 2.05) is 25.1 Å². The van der Waals surface area contributed by atoms with E-state index >= 15 is 0 Å². The summed E-state index contributed by atoms with van der Waals surface area (Å²) in [5.41, 5.74) is 3.79. The van der Waals surface area contributed by atoms with Crippen molar-refractivity contribution in [2.24, 2.45) is 5.92 Å². The summed E-state index contributed by atoms with van der Waals surface area (Å²) in [5, 5.41) is 0. The number of Topliss-reactive ketones (excluding diaryl/α,β-unsaturated/α-hetero) is 1. The van der Waals surface area contributed by atoms with Crippen molar-refractivity contribution in [3.8, 4) is 0 Å². The molecule has 0 amide bonds. The lowest BCUT2D eigenvalue weighted by atomic mass is 9.94. The van der Waals surface area contributed by atoms with Gasteiger partial charge in [-0.2, -0.15) is 0 Å². The Morgan fingerprint density at radius 2 is 2.00 bits per heavy atom. The second-order valence-electron chi connectivity index (χ2n) is 4.98. The first-order valence-electron chi connectivity index (χ1n) is 6.09. The molecule has 2 atom stereocenters. The second kappa shape index (κ2) is 8.05. The van der Waals surface area contributed by atoms with E-state index in [1.54, 1.807) is 6.92 Å². The van der Waals surface area contributed by atoms with Crippen LogP contribution in [0.3, 0.4) is 0 Å². The highest BCUT2D eigenvalue weighted by Crippen LogP contribution is 2.18. The normalized spacial score (nSPS) is 13.9.